The van der Waals surface area contributed by atoms with Crippen LogP contribution < -0.4 is 5.73 Å². The molecule has 0 aliphatic carbocycles. The molecule has 106 valence electrons. The van der Waals surface area contributed by atoms with Crippen molar-refractivity contribution in [2.24, 2.45) is 10.1 Å². The van der Waals surface area contributed by atoms with Gasteiger partial charge < -0.3 is 10.5 Å². The lowest BCUT2D eigenvalue weighted by Crippen LogP contribution is -2.22. The van der Waals surface area contributed by atoms with Gasteiger partial charge in [-0.25, -0.2) is 9.00 Å². The van der Waals surface area contributed by atoms with Crippen LogP contribution in [0.5, 0.6) is 0 Å². The van der Waals surface area contributed by atoms with Crippen LogP contribution in [0.2, 0.25) is 0 Å². The Kier molecular flexibility index (Phi) is 4.70. The lowest BCUT2D eigenvalue weighted by molar-refractivity contribution is 0.0607. The number of hydrogen-bond donors (Lipinski definition) is 1. The second-order valence-corrected chi connectivity index (χ2v) is 7.48. The molecule has 5 nitrogen and oxygen atoms in total. The van der Waals surface area contributed by atoms with Crippen LogP contribution in [-0.2, 0) is 21.0 Å². The van der Waals surface area contributed by atoms with E-state index in [0.29, 0.717) is 11.4 Å². The first-order valence-electron chi connectivity index (χ1n) is 5.88. The van der Waals surface area contributed by atoms with E-state index in [9.17, 15) is 9.00 Å². The van der Waals surface area contributed by atoms with Crippen LogP contribution in [-0.4, -0.2) is 22.2 Å². The van der Waals surface area contributed by atoms with E-state index in [4.69, 9.17) is 10.5 Å². The van der Waals surface area contributed by atoms with Crippen molar-refractivity contribution in [3.8, 4) is 0 Å². The van der Waals surface area contributed by atoms with E-state index >= 15 is 0 Å². The summed E-state index contributed by atoms with van der Waals surface area (Å²) in [6, 6.07) is 6.92. The molecule has 1 atom stereocenters. The Labute approximate surface area is 114 Å². The minimum atomic E-state index is -2.82. The van der Waals surface area contributed by atoms with E-state index in [2.05, 4.69) is 4.36 Å². The molecule has 0 spiro atoms. The third-order valence-corrected chi connectivity index (χ3v) is 3.84. The Morgan fingerprint density at radius 3 is 2.58 bits per heavy atom. The molecule has 19 heavy (non-hydrogen) atoms. The number of carbonyl (C=O) groups is 1. The second-order valence-electron chi connectivity index (χ2n) is 5.23. The number of amides is 1. The molecule has 6 heteroatoms. The second kappa shape index (κ2) is 5.71. The van der Waals surface area contributed by atoms with E-state index in [1.54, 1.807) is 39.0 Å². The summed E-state index contributed by atoms with van der Waals surface area (Å²) in [6.45, 7) is 5.53. The summed E-state index contributed by atoms with van der Waals surface area (Å²) in [4.78, 5) is 12.1. The molecule has 0 fully saturated rings. The molecule has 0 saturated heterocycles. The number of carbonyl (C=O) groups excluding carboxylic acids is 1. The van der Waals surface area contributed by atoms with E-state index < -0.39 is 21.4 Å². The van der Waals surface area contributed by atoms with Crippen molar-refractivity contribution in [1.29, 1.82) is 0 Å². The molecule has 0 aromatic heterocycles. The van der Waals surface area contributed by atoms with Crippen molar-refractivity contribution >= 4 is 15.8 Å². The molecule has 1 unspecified atom stereocenters. The van der Waals surface area contributed by atoms with E-state index in [-0.39, 0.29) is 0 Å². The van der Waals surface area contributed by atoms with Crippen LogP contribution in [0.4, 0.5) is 4.79 Å². The fourth-order valence-electron chi connectivity index (χ4n) is 1.38. The molecular formula is C13H20N2O3S. The fourth-order valence-corrected chi connectivity index (χ4v) is 2.51. The first kappa shape index (κ1) is 15.7. The largest absolute Gasteiger partial charge is 0.442 e. The van der Waals surface area contributed by atoms with Gasteiger partial charge in [-0.05, 0) is 38.5 Å². The normalized spacial score (nSPS) is 14.6. The predicted octanol–water partition coefficient (Wildman–Crippen LogP) is 2.54. The number of nitrogens with two attached hydrogens (primary N) is 1. The maximum absolute atomic E-state index is 12.4. The van der Waals surface area contributed by atoms with Gasteiger partial charge in [0, 0.05) is 17.7 Å². The third-order valence-electron chi connectivity index (χ3n) is 2.21. The first-order valence-corrected chi connectivity index (χ1v) is 7.80. The number of rotatable bonds is 2. The monoisotopic (exact) mass is 284 g/mol. The van der Waals surface area contributed by atoms with Crippen molar-refractivity contribution in [3.63, 3.8) is 0 Å². The smallest absolute Gasteiger partial charge is 0.442 e. The molecule has 1 rings (SSSR count). The maximum Gasteiger partial charge on any atom is 0.442 e. The van der Waals surface area contributed by atoms with Crippen LogP contribution in [0.1, 0.15) is 26.3 Å². The highest BCUT2D eigenvalue weighted by molar-refractivity contribution is 7.93. The molecule has 0 saturated carbocycles. The Balaban J connectivity index is 3.09. The average Bonchev–Trinajstić information content (AvgIpc) is 2.25. The molecule has 0 aliphatic rings. The van der Waals surface area contributed by atoms with Crippen LogP contribution in [0.15, 0.2) is 33.5 Å². The molecule has 2 N–H and O–H groups in total. The van der Waals surface area contributed by atoms with Gasteiger partial charge in [0.15, 0.2) is 0 Å². The minimum absolute atomic E-state index is 0.343. The fraction of sp³-hybridized carbons (Fsp3) is 0.462. The highest BCUT2D eigenvalue weighted by atomic mass is 32.2. The molecular weight excluding hydrogens is 264 g/mol. The van der Waals surface area contributed by atoms with Crippen molar-refractivity contribution in [2.45, 2.75) is 37.8 Å². The van der Waals surface area contributed by atoms with Crippen LogP contribution in [0, 0.1) is 0 Å². The third kappa shape index (κ3) is 5.00. The number of hydrogen-bond acceptors (Lipinski definition) is 4. The summed E-state index contributed by atoms with van der Waals surface area (Å²) >= 11 is 0. The molecule has 0 heterocycles. The molecule has 1 aromatic rings. The maximum atomic E-state index is 12.4. The number of ether oxygens (including phenoxy) is 1. The molecule has 1 amide bonds. The lowest BCUT2D eigenvalue weighted by Gasteiger charge is -2.17. The highest BCUT2D eigenvalue weighted by Gasteiger charge is 2.18. The molecule has 1 aromatic carbocycles. The summed E-state index contributed by atoms with van der Waals surface area (Å²) in [7, 11) is -2.82. The van der Waals surface area contributed by atoms with E-state index in [1.165, 1.54) is 6.26 Å². The summed E-state index contributed by atoms with van der Waals surface area (Å²) < 4.78 is 21.2. The van der Waals surface area contributed by atoms with E-state index in [0.717, 1.165) is 5.56 Å². The molecule has 0 bridgehead atoms. The Bertz CT molecular complexity index is 582. The highest BCUT2D eigenvalue weighted by Crippen LogP contribution is 2.15. The van der Waals surface area contributed by atoms with Gasteiger partial charge in [-0.2, -0.15) is 0 Å². The predicted molar refractivity (Wildman–Crippen MR) is 75.3 cm³/mol. The van der Waals surface area contributed by atoms with Gasteiger partial charge in [0.05, 0.1) is 9.73 Å². The van der Waals surface area contributed by atoms with Gasteiger partial charge >= 0.3 is 6.09 Å². The molecule has 0 radical (unpaired) electrons. The first-order chi connectivity index (χ1) is 8.64. The lowest BCUT2D eigenvalue weighted by atomic mass is 10.2. The summed E-state index contributed by atoms with van der Waals surface area (Å²) in [5.74, 6) is 0. The van der Waals surface area contributed by atoms with Crippen LogP contribution in [0.25, 0.3) is 0 Å². The zero-order chi connectivity index (χ0) is 14.7. The van der Waals surface area contributed by atoms with Gasteiger partial charge in [-0.15, -0.1) is 4.36 Å². The van der Waals surface area contributed by atoms with Gasteiger partial charge in [0.2, 0.25) is 0 Å². The van der Waals surface area contributed by atoms with Crippen LogP contribution >= 0.6 is 0 Å². The average molecular weight is 284 g/mol. The quantitative estimate of drug-likeness (QED) is 0.904. The minimum Gasteiger partial charge on any atom is -0.442 e. The molecule has 0 aliphatic heterocycles. The van der Waals surface area contributed by atoms with Crippen molar-refractivity contribution < 1.29 is 13.7 Å². The van der Waals surface area contributed by atoms with Gasteiger partial charge in [-0.1, -0.05) is 12.1 Å². The van der Waals surface area contributed by atoms with Gasteiger partial charge in [-0.3, -0.25) is 0 Å². The van der Waals surface area contributed by atoms with Crippen LogP contribution in [0.3, 0.4) is 0 Å². The van der Waals surface area contributed by atoms with Crippen molar-refractivity contribution in [1.82, 2.24) is 0 Å². The topological polar surface area (TPSA) is 81.8 Å². The standard InChI is InChI=1S/C13H20N2O3S/c1-13(2,3)18-12(16)15-19(4,17)11-7-5-6-10(8-11)9-14/h5-8H,9,14H2,1-4H3. The SMILES string of the molecule is CC(C)(C)OC(=O)N=S(C)(=O)c1cccc(CN)c1. The van der Waals surface area contributed by atoms with Crippen molar-refractivity contribution in [2.75, 3.05) is 6.26 Å². The number of benzene rings is 1. The number of nitrogens with zero attached hydrogens (tertiary/aromatic N) is 1. The Morgan fingerprint density at radius 2 is 2.05 bits per heavy atom. The zero-order valence-corrected chi connectivity index (χ0v) is 12.5. The Morgan fingerprint density at radius 1 is 1.42 bits per heavy atom. The summed E-state index contributed by atoms with van der Waals surface area (Å²) in [5, 5.41) is 0. The van der Waals surface area contributed by atoms with Crippen molar-refractivity contribution in [3.05, 3.63) is 29.8 Å². The zero-order valence-electron chi connectivity index (χ0n) is 11.7. The Hall–Kier alpha value is -1.40. The van der Waals surface area contributed by atoms with Gasteiger partial charge in [0.1, 0.15) is 5.60 Å². The van der Waals surface area contributed by atoms with Gasteiger partial charge in [0.25, 0.3) is 0 Å². The summed E-state index contributed by atoms with van der Waals surface area (Å²) in [6.07, 6.45) is 0.588. The summed E-state index contributed by atoms with van der Waals surface area (Å²) in [5.41, 5.74) is 5.71. The van der Waals surface area contributed by atoms with E-state index in [1.807, 2.05) is 6.07 Å².